The molecule has 2 unspecified atom stereocenters. The summed E-state index contributed by atoms with van der Waals surface area (Å²) in [6, 6.07) is 0.768. The second-order valence-corrected chi connectivity index (χ2v) is 6.32. The summed E-state index contributed by atoms with van der Waals surface area (Å²) in [5.41, 5.74) is 5.61. The van der Waals surface area contributed by atoms with Gasteiger partial charge in [0.15, 0.2) is 0 Å². The van der Waals surface area contributed by atoms with E-state index in [0.29, 0.717) is 24.5 Å². The van der Waals surface area contributed by atoms with E-state index in [0.717, 1.165) is 12.8 Å². The highest BCUT2D eigenvalue weighted by atomic mass is 16.5. The van der Waals surface area contributed by atoms with Gasteiger partial charge >= 0.3 is 0 Å². The summed E-state index contributed by atoms with van der Waals surface area (Å²) in [7, 11) is 0. The number of aryl methyl sites for hydroxylation is 1. The van der Waals surface area contributed by atoms with Crippen molar-refractivity contribution in [1.29, 1.82) is 0 Å². The first-order chi connectivity index (χ1) is 10.3. The summed E-state index contributed by atoms with van der Waals surface area (Å²) in [5, 5.41) is 14.3. The van der Waals surface area contributed by atoms with E-state index in [1.165, 1.54) is 0 Å². The summed E-state index contributed by atoms with van der Waals surface area (Å²) in [6.45, 7) is 6.81. The molecule has 2 heterocycles. The van der Waals surface area contributed by atoms with E-state index in [9.17, 15) is 9.90 Å². The molecule has 22 heavy (non-hydrogen) atoms. The molecule has 124 valence electrons. The summed E-state index contributed by atoms with van der Waals surface area (Å²) < 4.78 is 10.7. The number of likely N-dealkylation sites (tertiary alicyclic amines) is 1. The van der Waals surface area contributed by atoms with Crippen LogP contribution in [0.5, 0.6) is 0 Å². The maximum Gasteiger partial charge on any atom is 0.242 e. The van der Waals surface area contributed by atoms with Crippen LogP contribution in [0, 0.1) is 6.92 Å². The van der Waals surface area contributed by atoms with Crippen LogP contribution in [0.1, 0.15) is 38.1 Å². The van der Waals surface area contributed by atoms with Crippen molar-refractivity contribution in [1.82, 2.24) is 10.1 Å². The van der Waals surface area contributed by atoms with Gasteiger partial charge in [0, 0.05) is 19.2 Å². The summed E-state index contributed by atoms with van der Waals surface area (Å²) >= 11 is 0. The molecule has 2 rings (SSSR count). The van der Waals surface area contributed by atoms with Gasteiger partial charge in [-0.3, -0.25) is 4.79 Å². The molecule has 3 N–H and O–H groups in total. The van der Waals surface area contributed by atoms with E-state index in [1.807, 2.05) is 0 Å². The Morgan fingerprint density at radius 2 is 2.18 bits per heavy atom. The van der Waals surface area contributed by atoms with Crippen molar-refractivity contribution in [3.63, 3.8) is 0 Å². The third-order valence-electron chi connectivity index (χ3n) is 4.02. The molecule has 7 heteroatoms. The second-order valence-electron chi connectivity index (χ2n) is 6.32. The number of aromatic nitrogens is 1. The SMILES string of the molecule is Cc1cc(COC(C)(C)C(O)C(N)C(=O)N2CCCC2)no1. The Morgan fingerprint density at radius 1 is 1.55 bits per heavy atom. The molecule has 0 saturated carbocycles. The lowest BCUT2D eigenvalue weighted by Crippen LogP contribution is -2.57. The Morgan fingerprint density at radius 3 is 2.73 bits per heavy atom. The number of nitrogens with two attached hydrogens (primary N) is 1. The van der Waals surface area contributed by atoms with Crippen LogP contribution in [0.15, 0.2) is 10.6 Å². The lowest BCUT2D eigenvalue weighted by atomic mass is 9.94. The molecule has 0 radical (unpaired) electrons. The lowest BCUT2D eigenvalue weighted by molar-refractivity contribution is -0.147. The Hall–Kier alpha value is -1.44. The van der Waals surface area contributed by atoms with Gasteiger partial charge in [0.25, 0.3) is 0 Å². The quantitative estimate of drug-likeness (QED) is 0.797. The fourth-order valence-electron chi connectivity index (χ4n) is 2.55. The number of hydrogen-bond donors (Lipinski definition) is 2. The number of rotatable bonds is 6. The van der Waals surface area contributed by atoms with Crippen LogP contribution in [0.3, 0.4) is 0 Å². The average molecular weight is 311 g/mol. The number of nitrogens with zero attached hydrogens (tertiary/aromatic N) is 2. The molecular weight excluding hydrogens is 286 g/mol. The number of carbonyl (C=O) groups excluding carboxylic acids is 1. The van der Waals surface area contributed by atoms with Gasteiger partial charge in [-0.05, 0) is 33.6 Å². The van der Waals surface area contributed by atoms with Crippen molar-refractivity contribution >= 4 is 5.91 Å². The van der Waals surface area contributed by atoms with Crippen molar-refractivity contribution in [3.8, 4) is 0 Å². The van der Waals surface area contributed by atoms with Gasteiger partial charge in [-0.2, -0.15) is 0 Å². The molecule has 1 aliphatic rings. The smallest absolute Gasteiger partial charge is 0.242 e. The van der Waals surface area contributed by atoms with Crippen LogP contribution in [-0.4, -0.2) is 51.9 Å². The molecule has 1 saturated heterocycles. The van der Waals surface area contributed by atoms with E-state index in [1.54, 1.807) is 31.7 Å². The minimum absolute atomic E-state index is 0.187. The number of aliphatic hydroxyl groups is 1. The number of aliphatic hydroxyl groups excluding tert-OH is 1. The zero-order valence-electron chi connectivity index (χ0n) is 13.4. The van der Waals surface area contributed by atoms with Crippen LogP contribution < -0.4 is 5.73 Å². The third kappa shape index (κ3) is 3.85. The topological polar surface area (TPSA) is 102 Å². The number of hydrogen-bond acceptors (Lipinski definition) is 6. The van der Waals surface area contributed by atoms with Crippen molar-refractivity contribution < 1.29 is 19.2 Å². The molecule has 1 fully saturated rings. The van der Waals surface area contributed by atoms with Gasteiger partial charge in [0.1, 0.15) is 23.6 Å². The molecule has 0 bridgehead atoms. The van der Waals surface area contributed by atoms with Gasteiger partial charge < -0.3 is 25.0 Å². The van der Waals surface area contributed by atoms with E-state index in [2.05, 4.69) is 5.16 Å². The maximum absolute atomic E-state index is 12.3. The van der Waals surface area contributed by atoms with Crippen LogP contribution in [0.25, 0.3) is 0 Å². The van der Waals surface area contributed by atoms with Crippen LogP contribution in [-0.2, 0) is 16.1 Å². The first-order valence-corrected chi connectivity index (χ1v) is 7.60. The standard InChI is InChI=1S/C15H25N3O4/c1-10-8-11(17-22-10)9-21-15(2,3)13(19)12(16)14(20)18-6-4-5-7-18/h8,12-13,19H,4-7,9,16H2,1-3H3. The zero-order valence-corrected chi connectivity index (χ0v) is 13.4. The molecule has 2 atom stereocenters. The zero-order chi connectivity index (χ0) is 16.3. The molecule has 0 aliphatic carbocycles. The fourth-order valence-corrected chi connectivity index (χ4v) is 2.55. The van der Waals surface area contributed by atoms with Crippen LogP contribution in [0.4, 0.5) is 0 Å². The molecule has 0 aromatic carbocycles. The summed E-state index contributed by atoms with van der Waals surface area (Å²) in [4.78, 5) is 14.0. The van der Waals surface area contributed by atoms with Gasteiger partial charge in [0.05, 0.1) is 12.2 Å². The van der Waals surface area contributed by atoms with E-state index in [-0.39, 0.29) is 12.5 Å². The van der Waals surface area contributed by atoms with Crippen molar-refractivity contribution in [2.24, 2.45) is 5.73 Å². The third-order valence-corrected chi connectivity index (χ3v) is 4.02. The maximum atomic E-state index is 12.3. The Balaban J connectivity index is 1.93. The molecule has 1 aromatic rings. The first-order valence-electron chi connectivity index (χ1n) is 7.60. The molecule has 1 aliphatic heterocycles. The Labute approximate surface area is 130 Å². The predicted octanol–water partition coefficient (Wildman–Crippen LogP) is 0.589. The van der Waals surface area contributed by atoms with Gasteiger partial charge in [-0.1, -0.05) is 5.16 Å². The molecule has 1 amide bonds. The largest absolute Gasteiger partial charge is 0.388 e. The van der Waals surface area contributed by atoms with Crippen LogP contribution >= 0.6 is 0 Å². The lowest BCUT2D eigenvalue weighted by Gasteiger charge is -2.34. The monoisotopic (exact) mass is 311 g/mol. The van der Waals surface area contributed by atoms with Gasteiger partial charge in [-0.25, -0.2) is 0 Å². The highest BCUT2D eigenvalue weighted by Gasteiger charge is 2.39. The molecular formula is C15H25N3O4. The fraction of sp³-hybridized carbons (Fsp3) is 0.733. The Bertz CT molecular complexity index is 509. The average Bonchev–Trinajstić information content (AvgIpc) is 3.14. The van der Waals surface area contributed by atoms with E-state index < -0.39 is 17.7 Å². The van der Waals surface area contributed by atoms with Gasteiger partial charge in [-0.15, -0.1) is 0 Å². The van der Waals surface area contributed by atoms with E-state index in [4.69, 9.17) is 15.0 Å². The van der Waals surface area contributed by atoms with Crippen molar-refractivity contribution in [3.05, 3.63) is 17.5 Å². The Kier molecular flexibility index (Phi) is 5.20. The van der Waals surface area contributed by atoms with Gasteiger partial charge in [0.2, 0.25) is 5.91 Å². The minimum Gasteiger partial charge on any atom is -0.388 e. The summed E-state index contributed by atoms with van der Waals surface area (Å²) in [6.07, 6.45) is 0.869. The number of carbonyl (C=O) groups is 1. The number of amides is 1. The second kappa shape index (κ2) is 6.76. The highest BCUT2D eigenvalue weighted by molar-refractivity contribution is 5.82. The summed E-state index contributed by atoms with van der Waals surface area (Å²) in [5.74, 6) is 0.469. The number of ether oxygens (including phenoxy) is 1. The first kappa shape index (κ1) is 16.9. The highest BCUT2D eigenvalue weighted by Crippen LogP contribution is 2.21. The van der Waals surface area contributed by atoms with Crippen molar-refractivity contribution in [2.45, 2.75) is 58.0 Å². The molecule has 1 aromatic heterocycles. The predicted molar refractivity (Wildman–Crippen MR) is 79.9 cm³/mol. The molecule has 7 nitrogen and oxygen atoms in total. The molecule has 0 spiro atoms. The van der Waals surface area contributed by atoms with E-state index >= 15 is 0 Å². The normalized spacial score (nSPS) is 18.5. The van der Waals surface area contributed by atoms with Crippen LogP contribution in [0.2, 0.25) is 0 Å². The minimum atomic E-state index is -1.10. The van der Waals surface area contributed by atoms with Crippen molar-refractivity contribution in [2.75, 3.05) is 13.1 Å².